The monoisotopic (exact) mass is 280 g/mol. The van der Waals surface area contributed by atoms with Gasteiger partial charge in [-0.1, -0.05) is 12.8 Å². The number of amides is 2. The highest BCUT2D eigenvalue weighted by atomic mass is 16.3. The lowest BCUT2D eigenvalue weighted by atomic mass is 10.2. The molecule has 6 heteroatoms. The number of furan rings is 1. The molecule has 2 amide bonds. The quantitative estimate of drug-likeness (QED) is 0.804. The predicted molar refractivity (Wildman–Crippen MR) is 72.1 cm³/mol. The van der Waals surface area contributed by atoms with Crippen LogP contribution in [0.25, 0.3) is 0 Å². The molecule has 1 saturated carbocycles. The van der Waals surface area contributed by atoms with Gasteiger partial charge in [0.1, 0.15) is 0 Å². The summed E-state index contributed by atoms with van der Waals surface area (Å²) in [7, 11) is 0. The van der Waals surface area contributed by atoms with E-state index in [0.29, 0.717) is 12.6 Å². The third-order valence-corrected chi connectivity index (χ3v) is 3.57. The highest BCUT2D eigenvalue weighted by Gasteiger charge is 2.24. The summed E-state index contributed by atoms with van der Waals surface area (Å²) in [6, 6.07) is 3.42. The van der Waals surface area contributed by atoms with E-state index >= 15 is 0 Å². The molecule has 20 heavy (non-hydrogen) atoms. The molecule has 0 atom stereocenters. The van der Waals surface area contributed by atoms with Gasteiger partial charge in [0.05, 0.1) is 19.4 Å². The molecule has 6 nitrogen and oxygen atoms in total. The highest BCUT2D eigenvalue weighted by molar-refractivity contribution is 6.03. The standard InChI is InChI=1S/C14H20N2O4/c17-8-7-16(11-4-1-2-5-11)10-13(18)15-14(19)12-6-3-9-20-12/h3,6,9,11,17H,1-2,4-5,7-8,10H2,(H,15,18,19). The number of aliphatic hydroxyl groups is 1. The Labute approximate surface area is 117 Å². The van der Waals surface area contributed by atoms with E-state index in [2.05, 4.69) is 5.32 Å². The van der Waals surface area contributed by atoms with Crippen molar-refractivity contribution < 1.29 is 19.1 Å². The van der Waals surface area contributed by atoms with Gasteiger partial charge in [0.25, 0.3) is 5.91 Å². The second-order valence-corrected chi connectivity index (χ2v) is 4.99. The molecule has 0 aliphatic heterocycles. The van der Waals surface area contributed by atoms with Crippen molar-refractivity contribution in [3.8, 4) is 0 Å². The summed E-state index contributed by atoms with van der Waals surface area (Å²) in [6.07, 6.45) is 5.77. The Morgan fingerprint density at radius 3 is 2.75 bits per heavy atom. The number of hydrogen-bond acceptors (Lipinski definition) is 5. The summed E-state index contributed by atoms with van der Waals surface area (Å²) in [5.41, 5.74) is 0. The number of imide groups is 1. The van der Waals surface area contributed by atoms with Crippen molar-refractivity contribution in [2.75, 3.05) is 19.7 Å². The molecule has 0 radical (unpaired) electrons. The van der Waals surface area contributed by atoms with E-state index in [1.54, 1.807) is 6.07 Å². The van der Waals surface area contributed by atoms with Crippen LogP contribution in [-0.2, 0) is 4.79 Å². The second kappa shape index (κ2) is 7.21. The smallest absolute Gasteiger partial charge is 0.293 e. The van der Waals surface area contributed by atoms with Crippen molar-refractivity contribution in [1.82, 2.24) is 10.2 Å². The minimum absolute atomic E-state index is 0.00983. The Kier molecular flexibility index (Phi) is 5.31. The van der Waals surface area contributed by atoms with E-state index in [-0.39, 0.29) is 24.8 Å². The van der Waals surface area contributed by atoms with Gasteiger partial charge in [-0.15, -0.1) is 0 Å². The maximum Gasteiger partial charge on any atom is 0.293 e. The molecule has 0 spiro atoms. The van der Waals surface area contributed by atoms with Crippen LogP contribution in [0.2, 0.25) is 0 Å². The SMILES string of the molecule is O=C(CN(CCO)C1CCCC1)NC(=O)c1ccco1. The van der Waals surface area contributed by atoms with Crippen LogP contribution in [0, 0.1) is 0 Å². The number of aliphatic hydroxyl groups excluding tert-OH is 1. The normalized spacial score (nSPS) is 15.7. The predicted octanol–water partition coefficient (Wildman–Crippen LogP) is 0.773. The molecule has 0 unspecified atom stereocenters. The fraction of sp³-hybridized carbons (Fsp3) is 0.571. The molecule has 1 aliphatic carbocycles. The molecular weight excluding hydrogens is 260 g/mol. The van der Waals surface area contributed by atoms with Crippen LogP contribution in [0.15, 0.2) is 22.8 Å². The number of hydrogen-bond donors (Lipinski definition) is 2. The van der Waals surface area contributed by atoms with Crippen molar-refractivity contribution in [3.63, 3.8) is 0 Å². The van der Waals surface area contributed by atoms with E-state index in [4.69, 9.17) is 9.52 Å². The summed E-state index contributed by atoms with van der Waals surface area (Å²) >= 11 is 0. The Morgan fingerprint density at radius 1 is 1.40 bits per heavy atom. The first kappa shape index (κ1) is 14.7. The molecule has 110 valence electrons. The van der Waals surface area contributed by atoms with Crippen molar-refractivity contribution >= 4 is 11.8 Å². The van der Waals surface area contributed by atoms with Crippen molar-refractivity contribution in [3.05, 3.63) is 24.2 Å². The molecule has 0 bridgehead atoms. The minimum atomic E-state index is -0.532. The number of carbonyl (C=O) groups is 2. The third kappa shape index (κ3) is 3.91. The summed E-state index contributed by atoms with van der Waals surface area (Å²) < 4.78 is 4.93. The molecule has 2 rings (SSSR count). The Bertz CT molecular complexity index is 438. The zero-order valence-electron chi connectivity index (χ0n) is 11.4. The first-order valence-electron chi connectivity index (χ1n) is 6.93. The van der Waals surface area contributed by atoms with E-state index < -0.39 is 5.91 Å². The van der Waals surface area contributed by atoms with Gasteiger partial charge in [-0.05, 0) is 25.0 Å². The zero-order valence-corrected chi connectivity index (χ0v) is 11.4. The molecule has 0 saturated heterocycles. The first-order chi connectivity index (χ1) is 9.70. The molecular formula is C14H20N2O4. The van der Waals surface area contributed by atoms with Gasteiger partial charge >= 0.3 is 0 Å². The Morgan fingerprint density at radius 2 is 2.15 bits per heavy atom. The van der Waals surface area contributed by atoms with Crippen LogP contribution in [0.5, 0.6) is 0 Å². The lowest BCUT2D eigenvalue weighted by Gasteiger charge is -2.27. The van der Waals surface area contributed by atoms with Crippen LogP contribution in [0.3, 0.4) is 0 Å². The van der Waals surface area contributed by atoms with Gasteiger partial charge in [0, 0.05) is 12.6 Å². The number of rotatable bonds is 6. The van der Waals surface area contributed by atoms with Crippen molar-refractivity contribution in [2.24, 2.45) is 0 Å². The maximum atomic E-state index is 11.9. The van der Waals surface area contributed by atoms with Gasteiger partial charge in [0.15, 0.2) is 5.76 Å². The molecule has 1 fully saturated rings. The van der Waals surface area contributed by atoms with Crippen molar-refractivity contribution in [1.29, 1.82) is 0 Å². The van der Waals surface area contributed by atoms with Gasteiger partial charge in [0.2, 0.25) is 5.91 Å². The maximum absolute atomic E-state index is 11.9. The van der Waals surface area contributed by atoms with E-state index in [0.717, 1.165) is 25.7 Å². The number of nitrogens with one attached hydrogen (secondary N) is 1. The van der Waals surface area contributed by atoms with Crippen LogP contribution < -0.4 is 5.32 Å². The fourth-order valence-corrected chi connectivity index (χ4v) is 2.61. The third-order valence-electron chi connectivity index (χ3n) is 3.57. The minimum Gasteiger partial charge on any atom is -0.459 e. The summed E-state index contributed by atoms with van der Waals surface area (Å²) in [5, 5.41) is 11.4. The average Bonchev–Trinajstić information content (AvgIpc) is 3.11. The van der Waals surface area contributed by atoms with Crippen LogP contribution in [-0.4, -0.2) is 47.6 Å². The van der Waals surface area contributed by atoms with E-state index in [9.17, 15) is 9.59 Å². The Balaban J connectivity index is 1.86. The van der Waals surface area contributed by atoms with E-state index in [1.807, 2.05) is 4.90 Å². The van der Waals surface area contributed by atoms with Crippen LogP contribution in [0.4, 0.5) is 0 Å². The lowest BCUT2D eigenvalue weighted by molar-refractivity contribution is -0.122. The summed E-state index contributed by atoms with van der Waals surface area (Å²) in [4.78, 5) is 25.5. The molecule has 1 aromatic heterocycles. The van der Waals surface area contributed by atoms with Gasteiger partial charge in [-0.2, -0.15) is 0 Å². The molecule has 1 aromatic rings. The largest absolute Gasteiger partial charge is 0.459 e. The first-order valence-corrected chi connectivity index (χ1v) is 6.93. The lowest BCUT2D eigenvalue weighted by Crippen LogP contribution is -2.44. The van der Waals surface area contributed by atoms with E-state index in [1.165, 1.54) is 12.3 Å². The van der Waals surface area contributed by atoms with Crippen LogP contribution >= 0.6 is 0 Å². The molecule has 1 heterocycles. The zero-order chi connectivity index (χ0) is 14.4. The van der Waals surface area contributed by atoms with Gasteiger partial charge < -0.3 is 9.52 Å². The van der Waals surface area contributed by atoms with Crippen molar-refractivity contribution in [2.45, 2.75) is 31.7 Å². The summed E-state index contributed by atoms with van der Waals surface area (Å²) in [5.74, 6) is -0.782. The van der Waals surface area contributed by atoms with Crippen LogP contribution in [0.1, 0.15) is 36.2 Å². The average molecular weight is 280 g/mol. The van der Waals surface area contributed by atoms with Gasteiger partial charge in [-0.3, -0.25) is 19.8 Å². The topological polar surface area (TPSA) is 82.8 Å². The highest BCUT2D eigenvalue weighted by Crippen LogP contribution is 2.22. The molecule has 0 aromatic carbocycles. The Hall–Kier alpha value is -1.66. The fourth-order valence-electron chi connectivity index (χ4n) is 2.61. The van der Waals surface area contributed by atoms with Gasteiger partial charge in [-0.25, -0.2) is 0 Å². The number of nitrogens with zero attached hydrogens (tertiary/aromatic N) is 1. The summed E-state index contributed by atoms with van der Waals surface area (Å²) in [6.45, 7) is 0.584. The molecule has 1 aliphatic rings. The number of carbonyl (C=O) groups excluding carboxylic acids is 2. The second-order valence-electron chi connectivity index (χ2n) is 4.99. The molecule has 2 N–H and O–H groups in total.